The molecule has 0 aromatic carbocycles. The monoisotopic (exact) mass is 176 g/mol. The van der Waals surface area contributed by atoms with Crippen molar-refractivity contribution >= 4 is 0 Å². The zero-order valence-corrected chi connectivity index (χ0v) is 10.3. The Morgan fingerprint density at radius 3 is 1.08 bits per heavy atom. The lowest BCUT2D eigenvalue weighted by Crippen LogP contribution is -2.15. The van der Waals surface area contributed by atoms with E-state index in [9.17, 15) is 0 Å². The first-order valence-electron chi connectivity index (χ1n) is 5.03. The molecule has 0 aromatic rings. The van der Waals surface area contributed by atoms with Crippen LogP contribution in [0.3, 0.4) is 0 Å². The Bertz CT molecular complexity index is 50.5. The van der Waals surface area contributed by atoms with Crippen molar-refractivity contribution in [3.63, 3.8) is 0 Å². The van der Waals surface area contributed by atoms with Gasteiger partial charge in [0.2, 0.25) is 0 Å². The summed E-state index contributed by atoms with van der Waals surface area (Å²) in [5.41, 5.74) is 0.0417. The molecule has 0 atom stereocenters. The van der Waals surface area contributed by atoms with Crippen LogP contribution in [0.1, 0.15) is 61.3 Å². The topological polar surface area (TPSA) is 9.23 Å². The molecule has 0 aromatic heterocycles. The van der Waals surface area contributed by atoms with Gasteiger partial charge >= 0.3 is 0 Å². The Hall–Kier alpha value is -0.0400. The van der Waals surface area contributed by atoms with Crippen molar-refractivity contribution in [3.8, 4) is 0 Å². The molecule has 0 saturated heterocycles. The predicted octanol–water partition coefficient (Wildman–Crippen LogP) is 4.26. The van der Waals surface area contributed by atoms with Crippen molar-refractivity contribution in [3.05, 3.63) is 0 Å². The van der Waals surface area contributed by atoms with Gasteiger partial charge in [-0.1, -0.05) is 40.5 Å². The third-order valence-corrected chi connectivity index (χ3v) is 1.11. The van der Waals surface area contributed by atoms with Gasteiger partial charge in [0.15, 0.2) is 0 Å². The summed E-state index contributed by atoms with van der Waals surface area (Å²) < 4.78 is 4.94. The Morgan fingerprint density at radius 2 is 1.08 bits per heavy atom. The molecule has 0 amide bonds. The fourth-order valence-corrected chi connectivity index (χ4v) is 0. The summed E-state index contributed by atoms with van der Waals surface area (Å²) in [5.74, 6) is 0. The molecule has 0 saturated carbocycles. The summed E-state index contributed by atoms with van der Waals surface area (Å²) in [4.78, 5) is 0. The van der Waals surface area contributed by atoms with Crippen LogP contribution in [0.4, 0.5) is 0 Å². The zero-order valence-electron chi connectivity index (χ0n) is 10.3. The lowest BCUT2D eigenvalue weighted by Gasteiger charge is -2.14. The van der Waals surface area contributed by atoms with Crippen molar-refractivity contribution in [1.82, 2.24) is 0 Å². The number of ether oxygens (including phenoxy) is 1. The molecule has 1 nitrogen and oxygen atoms in total. The van der Waals surface area contributed by atoms with Crippen LogP contribution < -0.4 is 0 Å². The maximum Gasteiger partial charge on any atom is 0.0594 e. The smallest absolute Gasteiger partial charge is 0.0594 e. The van der Waals surface area contributed by atoms with Crippen molar-refractivity contribution in [2.45, 2.75) is 66.9 Å². The van der Waals surface area contributed by atoms with Crippen LogP contribution in [0.15, 0.2) is 0 Å². The zero-order chi connectivity index (χ0) is 10.6. The fraction of sp³-hybridized carbons (Fsp3) is 1.00. The average Bonchev–Trinajstić information content (AvgIpc) is 2.07. The second kappa shape index (κ2) is 13.5. The number of unbranched alkanes of at least 4 members (excludes halogenated alkanes) is 1. The van der Waals surface area contributed by atoms with E-state index in [0.29, 0.717) is 0 Å². The fourth-order valence-electron chi connectivity index (χ4n) is 0. The molecule has 0 aliphatic carbocycles. The Balaban J connectivity index is -0.000000118. The highest BCUT2D eigenvalue weighted by molar-refractivity contribution is 4.55. The van der Waals surface area contributed by atoms with Crippen LogP contribution in [-0.2, 0) is 4.74 Å². The third kappa shape index (κ3) is 51.0. The van der Waals surface area contributed by atoms with Gasteiger partial charge in [0.05, 0.1) is 5.60 Å². The van der Waals surface area contributed by atoms with Gasteiger partial charge in [-0.3, -0.25) is 0 Å². The molecule has 0 aliphatic heterocycles. The van der Waals surface area contributed by atoms with Crippen molar-refractivity contribution < 1.29 is 4.74 Å². The molecule has 0 aliphatic rings. The molecule has 78 valence electrons. The van der Waals surface area contributed by atoms with Crippen LogP contribution >= 0.6 is 0 Å². The number of methoxy groups -OCH3 is 1. The second-order valence-corrected chi connectivity index (χ2v) is 3.32. The normalized spacial score (nSPS) is 9.00. The van der Waals surface area contributed by atoms with E-state index in [1.54, 1.807) is 7.11 Å². The minimum Gasteiger partial charge on any atom is -0.379 e. The molecule has 0 spiro atoms. The molecule has 0 fully saturated rings. The average molecular weight is 176 g/mol. The van der Waals surface area contributed by atoms with Crippen molar-refractivity contribution in [1.29, 1.82) is 0 Å². The van der Waals surface area contributed by atoms with Crippen LogP contribution in [0.2, 0.25) is 0 Å². The summed E-state index contributed by atoms with van der Waals surface area (Å²) in [6.07, 6.45) is 2.64. The summed E-state index contributed by atoms with van der Waals surface area (Å²) >= 11 is 0. The Labute approximate surface area is 79.5 Å². The maximum absolute atomic E-state index is 4.94. The van der Waals surface area contributed by atoms with Crippen LogP contribution in [0.25, 0.3) is 0 Å². The molecular weight excluding hydrogens is 148 g/mol. The van der Waals surface area contributed by atoms with E-state index >= 15 is 0 Å². The number of hydrogen-bond acceptors (Lipinski definition) is 1. The third-order valence-electron chi connectivity index (χ3n) is 1.11. The van der Waals surface area contributed by atoms with Crippen LogP contribution in [-0.4, -0.2) is 12.7 Å². The van der Waals surface area contributed by atoms with Crippen molar-refractivity contribution in [2.75, 3.05) is 7.11 Å². The van der Waals surface area contributed by atoms with Crippen molar-refractivity contribution in [2.24, 2.45) is 0 Å². The summed E-state index contributed by atoms with van der Waals surface area (Å²) in [6.45, 7) is 14.4. The molecule has 0 heterocycles. The van der Waals surface area contributed by atoms with E-state index in [1.165, 1.54) is 12.8 Å². The molecular formula is C11H28O. The van der Waals surface area contributed by atoms with E-state index in [0.717, 1.165) is 0 Å². The molecule has 12 heavy (non-hydrogen) atoms. The molecule has 1 heteroatoms. The van der Waals surface area contributed by atoms with Gasteiger partial charge < -0.3 is 4.74 Å². The molecule has 0 unspecified atom stereocenters. The summed E-state index contributed by atoms with van der Waals surface area (Å²) in [6, 6.07) is 0. The van der Waals surface area contributed by atoms with Gasteiger partial charge in [-0.25, -0.2) is 0 Å². The maximum atomic E-state index is 4.94. The first-order chi connectivity index (χ1) is 5.47. The van der Waals surface area contributed by atoms with E-state index in [2.05, 4.69) is 13.8 Å². The van der Waals surface area contributed by atoms with Gasteiger partial charge in [-0.05, 0) is 20.8 Å². The number of hydrogen-bond donors (Lipinski definition) is 0. The van der Waals surface area contributed by atoms with E-state index < -0.39 is 0 Å². The quantitative estimate of drug-likeness (QED) is 0.580. The highest BCUT2D eigenvalue weighted by Gasteiger charge is 2.03. The Morgan fingerprint density at radius 1 is 0.917 bits per heavy atom. The van der Waals surface area contributed by atoms with Gasteiger partial charge in [-0.2, -0.15) is 0 Å². The number of rotatable bonds is 1. The highest BCUT2D eigenvalue weighted by Crippen LogP contribution is 2.02. The lowest BCUT2D eigenvalue weighted by molar-refractivity contribution is 0.0397. The summed E-state index contributed by atoms with van der Waals surface area (Å²) in [5, 5.41) is 0. The highest BCUT2D eigenvalue weighted by atomic mass is 16.5. The second-order valence-electron chi connectivity index (χ2n) is 3.32. The van der Waals surface area contributed by atoms with Gasteiger partial charge in [0, 0.05) is 7.11 Å². The first-order valence-corrected chi connectivity index (χ1v) is 5.03. The molecule has 0 bridgehead atoms. The lowest BCUT2D eigenvalue weighted by atomic mass is 10.2. The SMILES string of the molecule is CC.CCCC.COC(C)(C)C. The largest absolute Gasteiger partial charge is 0.379 e. The van der Waals surface area contributed by atoms with E-state index in [1.807, 2.05) is 34.6 Å². The predicted molar refractivity (Wildman–Crippen MR) is 58.7 cm³/mol. The Kier molecular flexibility index (Phi) is 20.2. The minimum absolute atomic E-state index is 0.0417. The van der Waals surface area contributed by atoms with Gasteiger partial charge in [0.1, 0.15) is 0 Å². The van der Waals surface area contributed by atoms with E-state index in [-0.39, 0.29) is 5.60 Å². The minimum atomic E-state index is 0.0417. The van der Waals surface area contributed by atoms with Gasteiger partial charge in [-0.15, -0.1) is 0 Å². The van der Waals surface area contributed by atoms with Gasteiger partial charge in [0.25, 0.3) is 0 Å². The first kappa shape index (κ1) is 17.9. The van der Waals surface area contributed by atoms with Crippen LogP contribution in [0, 0.1) is 0 Å². The van der Waals surface area contributed by atoms with Crippen LogP contribution in [0.5, 0.6) is 0 Å². The molecule has 0 rings (SSSR count). The summed E-state index contributed by atoms with van der Waals surface area (Å²) in [7, 11) is 1.71. The molecule has 0 N–H and O–H groups in total. The van der Waals surface area contributed by atoms with E-state index in [4.69, 9.17) is 4.74 Å². The molecule has 0 radical (unpaired) electrons. The standard InChI is InChI=1S/C5H12O.C4H10.C2H6/c1-5(2,3)6-4;1-3-4-2;1-2/h1-4H3;3-4H2,1-2H3;1-2H3.